The first-order valence-corrected chi connectivity index (χ1v) is 10.4. The first kappa shape index (κ1) is 19.9. The number of hydrogen-bond acceptors (Lipinski definition) is 3. The van der Waals surface area contributed by atoms with Gasteiger partial charge in [-0.3, -0.25) is 14.6 Å². The van der Waals surface area contributed by atoms with E-state index in [1.54, 1.807) is 12.4 Å². The van der Waals surface area contributed by atoms with Crippen LogP contribution in [0, 0.1) is 5.92 Å². The fourth-order valence-electron chi connectivity index (χ4n) is 3.85. The van der Waals surface area contributed by atoms with Crippen LogP contribution in [0.15, 0.2) is 67.1 Å². The molecule has 0 saturated carbocycles. The van der Waals surface area contributed by atoms with Crippen molar-refractivity contribution in [1.82, 2.24) is 14.5 Å². The van der Waals surface area contributed by atoms with E-state index < -0.39 is 0 Å². The Balaban J connectivity index is 1.36. The first-order valence-electron chi connectivity index (χ1n) is 10.4. The van der Waals surface area contributed by atoms with Gasteiger partial charge in [0.05, 0.1) is 11.9 Å². The Morgan fingerprint density at radius 2 is 1.83 bits per heavy atom. The quantitative estimate of drug-likeness (QED) is 0.703. The van der Waals surface area contributed by atoms with E-state index in [9.17, 15) is 9.59 Å². The Hall–Kier alpha value is -3.41. The molecular weight excluding hydrogens is 376 g/mol. The lowest BCUT2D eigenvalue weighted by atomic mass is 9.95. The van der Waals surface area contributed by atoms with Gasteiger partial charge in [0.2, 0.25) is 5.91 Å². The van der Waals surface area contributed by atoms with Gasteiger partial charge in [-0.25, -0.2) is 0 Å². The minimum absolute atomic E-state index is 0.0159. The van der Waals surface area contributed by atoms with Gasteiger partial charge in [0.1, 0.15) is 5.69 Å². The van der Waals surface area contributed by atoms with E-state index in [1.807, 2.05) is 64.2 Å². The van der Waals surface area contributed by atoms with Gasteiger partial charge in [0, 0.05) is 37.1 Å². The molecule has 154 valence electrons. The highest BCUT2D eigenvalue weighted by atomic mass is 16.2. The fourth-order valence-corrected chi connectivity index (χ4v) is 3.85. The van der Waals surface area contributed by atoms with Crippen LogP contribution in [0.5, 0.6) is 0 Å². The lowest BCUT2D eigenvalue weighted by molar-refractivity contribution is -0.121. The summed E-state index contributed by atoms with van der Waals surface area (Å²) in [7, 11) is 0. The third-order valence-electron chi connectivity index (χ3n) is 5.67. The number of benzene rings is 1. The van der Waals surface area contributed by atoms with Gasteiger partial charge in [-0.05, 0) is 61.2 Å². The summed E-state index contributed by atoms with van der Waals surface area (Å²) in [5.41, 5.74) is 3.54. The van der Waals surface area contributed by atoms with Gasteiger partial charge < -0.3 is 14.8 Å². The Kier molecular flexibility index (Phi) is 5.93. The molecule has 30 heavy (non-hydrogen) atoms. The van der Waals surface area contributed by atoms with Crippen LogP contribution in [-0.2, 0) is 11.2 Å². The van der Waals surface area contributed by atoms with Crippen LogP contribution in [-0.4, -0.2) is 39.4 Å². The molecule has 6 heteroatoms. The minimum Gasteiger partial charge on any atom is -0.337 e. The van der Waals surface area contributed by atoms with Gasteiger partial charge in [0.15, 0.2) is 0 Å². The summed E-state index contributed by atoms with van der Waals surface area (Å²) >= 11 is 0. The van der Waals surface area contributed by atoms with Crippen molar-refractivity contribution in [3.05, 3.63) is 78.4 Å². The number of rotatable bonds is 5. The summed E-state index contributed by atoms with van der Waals surface area (Å²) in [4.78, 5) is 31.7. The maximum absolute atomic E-state index is 13.1. The van der Waals surface area contributed by atoms with E-state index in [2.05, 4.69) is 17.2 Å². The van der Waals surface area contributed by atoms with Gasteiger partial charge in [-0.2, -0.15) is 0 Å². The van der Waals surface area contributed by atoms with Gasteiger partial charge in [-0.1, -0.05) is 19.1 Å². The molecule has 6 nitrogen and oxygen atoms in total. The monoisotopic (exact) mass is 402 g/mol. The summed E-state index contributed by atoms with van der Waals surface area (Å²) in [5, 5.41) is 3.01. The van der Waals surface area contributed by atoms with Crippen molar-refractivity contribution in [2.24, 2.45) is 5.92 Å². The number of aryl methyl sites for hydroxylation is 1. The molecule has 0 bridgehead atoms. The van der Waals surface area contributed by atoms with Crippen LogP contribution in [0.2, 0.25) is 0 Å². The highest BCUT2D eigenvalue weighted by molar-refractivity contribution is 5.95. The van der Waals surface area contributed by atoms with Crippen molar-refractivity contribution in [3.8, 4) is 5.69 Å². The molecule has 0 unspecified atom stereocenters. The predicted molar refractivity (Wildman–Crippen MR) is 117 cm³/mol. The molecule has 3 aromatic rings. The van der Waals surface area contributed by atoms with Crippen molar-refractivity contribution in [2.75, 3.05) is 18.4 Å². The fraction of sp³-hybridized carbons (Fsp3) is 0.292. The molecule has 1 N–H and O–H groups in total. The van der Waals surface area contributed by atoms with Crippen molar-refractivity contribution >= 4 is 17.5 Å². The predicted octanol–water partition coefficient (Wildman–Crippen LogP) is 3.93. The second-order valence-electron chi connectivity index (χ2n) is 7.58. The molecule has 0 radical (unpaired) electrons. The smallest absolute Gasteiger partial charge is 0.270 e. The Morgan fingerprint density at radius 3 is 2.50 bits per heavy atom. The maximum Gasteiger partial charge on any atom is 0.270 e. The summed E-state index contributed by atoms with van der Waals surface area (Å²) in [5.74, 6) is -0.0621. The average molecular weight is 402 g/mol. The molecular formula is C24H26N4O2. The van der Waals surface area contributed by atoms with Crippen molar-refractivity contribution in [1.29, 1.82) is 0 Å². The molecule has 0 aliphatic carbocycles. The standard InChI is InChI=1S/C24H26N4O2/c1-2-18-7-9-20(10-8-18)26-23(29)19-11-15-27(16-12-19)24(30)22-6-4-14-28(22)21-5-3-13-25-17-21/h3-10,13-14,17,19H,2,11-12,15-16H2,1H3,(H,26,29). The number of pyridine rings is 1. The molecule has 1 aliphatic heterocycles. The zero-order valence-electron chi connectivity index (χ0n) is 17.1. The normalized spacial score (nSPS) is 14.5. The van der Waals surface area contributed by atoms with Crippen molar-refractivity contribution in [2.45, 2.75) is 26.2 Å². The zero-order chi connectivity index (χ0) is 20.9. The van der Waals surface area contributed by atoms with Crippen LogP contribution in [0.3, 0.4) is 0 Å². The molecule has 1 aliphatic rings. The number of aromatic nitrogens is 2. The molecule has 4 rings (SSSR count). The van der Waals surface area contributed by atoms with Crippen LogP contribution in [0.1, 0.15) is 35.8 Å². The first-order chi connectivity index (χ1) is 14.7. The molecule has 1 aromatic carbocycles. The van der Waals surface area contributed by atoms with Crippen LogP contribution >= 0.6 is 0 Å². The van der Waals surface area contributed by atoms with Crippen LogP contribution in [0.4, 0.5) is 5.69 Å². The number of carbonyl (C=O) groups is 2. The van der Waals surface area contributed by atoms with E-state index in [4.69, 9.17) is 0 Å². The summed E-state index contributed by atoms with van der Waals surface area (Å²) in [6.07, 6.45) is 7.62. The van der Waals surface area contributed by atoms with Crippen LogP contribution < -0.4 is 5.32 Å². The van der Waals surface area contributed by atoms with Crippen molar-refractivity contribution < 1.29 is 9.59 Å². The SMILES string of the molecule is CCc1ccc(NC(=O)C2CCN(C(=O)c3cccn3-c3cccnc3)CC2)cc1. The van der Waals surface area contributed by atoms with E-state index in [1.165, 1.54) is 5.56 Å². The summed E-state index contributed by atoms with van der Waals surface area (Å²) < 4.78 is 1.86. The minimum atomic E-state index is -0.0787. The topological polar surface area (TPSA) is 67.2 Å². The Bertz CT molecular complexity index is 1000. The van der Waals surface area contributed by atoms with Gasteiger partial charge >= 0.3 is 0 Å². The van der Waals surface area contributed by atoms with Gasteiger partial charge in [-0.15, -0.1) is 0 Å². The summed E-state index contributed by atoms with van der Waals surface area (Å²) in [6, 6.07) is 15.4. The van der Waals surface area contributed by atoms with E-state index in [0.717, 1.165) is 17.8 Å². The molecule has 2 aromatic heterocycles. The maximum atomic E-state index is 13.1. The molecule has 1 fully saturated rings. The second kappa shape index (κ2) is 8.95. The van der Waals surface area contributed by atoms with E-state index in [0.29, 0.717) is 31.6 Å². The number of amides is 2. The largest absolute Gasteiger partial charge is 0.337 e. The number of carbonyl (C=O) groups excluding carboxylic acids is 2. The number of likely N-dealkylation sites (tertiary alicyclic amines) is 1. The number of hydrogen-bond donors (Lipinski definition) is 1. The molecule has 3 heterocycles. The molecule has 0 spiro atoms. The highest BCUT2D eigenvalue weighted by Gasteiger charge is 2.29. The molecule has 2 amide bonds. The number of nitrogens with zero attached hydrogens (tertiary/aromatic N) is 3. The third-order valence-corrected chi connectivity index (χ3v) is 5.67. The van der Waals surface area contributed by atoms with Crippen LogP contribution in [0.25, 0.3) is 5.69 Å². The molecule has 1 saturated heterocycles. The highest BCUT2D eigenvalue weighted by Crippen LogP contribution is 2.22. The Labute approximate surface area is 176 Å². The number of piperidine rings is 1. The van der Waals surface area contributed by atoms with E-state index in [-0.39, 0.29) is 17.7 Å². The number of nitrogens with one attached hydrogen (secondary N) is 1. The molecule has 0 atom stereocenters. The summed E-state index contributed by atoms with van der Waals surface area (Å²) in [6.45, 7) is 3.25. The average Bonchev–Trinajstić information content (AvgIpc) is 3.30. The second-order valence-corrected chi connectivity index (χ2v) is 7.58. The lowest BCUT2D eigenvalue weighted by Gasteiger charge is -2.31. The van der Waals surface area contributed by atoms with Crippen molar-refractivity contribution in [3.63, 3.8) is 0 Å². The number of anilines is 1. The van der Waals surface area contributed by atoms with E-state index >= 15 is 0 Å². The lowest BCUT2D eigenvalue weighted by Crippen LogP contribution is -2.42. The van der Waals surface area contributed by atoms with Gasteiger partial charge in [0.25, 0.3) is 5.91 Å². The third kappa shape index (κ3) is 4.27. The zero-order valence-corrected chi connectivity index (χ0v) is 17.1. The Morgan fingerprint density at radius 1 is 1.07 bits per heavy atom.